The van der Waals surface area contributed by atoms with Gasteiger partial charge in [-0.25, -0.2) is 0 Å². The van der Waals surface area contributed by atoms with Gasteiger partial charge in [-0.2, -0.15) is 0 Å². The zero-order chi connectivity index (χ0) is 10.4. The molecule has 0 heteroatoms. The lowest BCUT2D eigenvalue weighted by Crippen LogP contribution is -2.18. The van der Waals surface area contributed by atoms with Crippen molar-refractivity contribution in [3.8, 4) is 0 Å². The van der Waals surface area contributed by atoms with Crippen LogP contribution in [-0.2, 0) is 0 Å². The summed E-state index contributed by atoms with van der Waals surface area (Å²) in [5.74, 6) is 2.03. The van der Waals surface area contributed by atoms with Gasteiger partial charge < -0.3 is 0 Å². The Morgan fingerprint density at radius 3 is 2.07 bits per heavy atom. The lowest BCUT2D eigenvalue weighted by molar-refractivity contribution is 0.242. The van der Waals surface area contributed by atoms with E-state index in [0.29, 0.717) is 0 Å². The quantitative estimate of drug-likeness (QED) is 0.543. The van der Waals surface area contributed by atoms with E-state index in [1.807, 2.05) is 0 Å². The van der Waals surface area contributed by atoms with Crippen molar-refractivity contribution in [2.24, 2.45) is 11.8 Å². The molecule has 0 aromatic rings. The lowest BCUT2D eigenvalue weighted by atomic mass is 9.75. The summed E-state index contributed by atoms with van der Waals surface area (Å²) in [6, 6.07) is 0. The summed E-state index contributed by atoms with van der Waals surface area (Å²) >= 11 is 0. The smallest absolute Gasteiger partial charge is 0.0320 e. The highest BCUT2D eigenvalue weighted by molar-refractivity contribution is 4.99. The standard InChI is InChI=1S/C14H26/c1-4-6-13(7-5-2)14-10-8-12(3)9-11-14/h13-14H,3-11H2,1-2H3. The lowest BCUT2D eigenvalue weighted by Gasteiger charge is -2.31. The van der Waals surface area contributed by atoms with Gasteiger partial charge in [0.2, 0.25) is 0 Å². The average molecular weight is 194 g/mol. The molecule has 0 radical (unpaired) electrons. The van der Waals surface area contributed by atoms with Crippen molar-refractivity contribution < 1.29 is 0 Å². The maximum atomic E-state index is 4.10. The molecule has 1 fully saturated rings. The summed E-state index contributed by atoms with van der Waals surface area (Å²) in [5, 5.41) is 0. The predicted octanol–water partition coefficient (Wildman–Crippen LogP) is 4.95. The second kappa shape index (κ2) is 6.27. The Morgan fingerprint density at radius 1 is 1.14 bits per heavy atom. The van der Waals surface area contributed by atoms with E-state index in [4.69, 9.17) is 0 Å². The average Bonchev–Trinajstić information content (AvgIpc) is 2.19. The van der Waals surface area contributed by atoms with Crippen molar-refractivity contribution in [3.63, 3.8) is 0 Å². The summed E-state index contributed by atoms with van der Waals surface area (Å²) in [6.45, 7) is 8.75. The molecule has 14 heavy (non-hydrogen) atoms. The van der Waals surface area contributed by atoms with Gasteiger partial charge in [0, 0.05) is 0 Å². The van der Waals surface area contributed by atoms with Crippen molar-refractivity contribution in [2.45, 2.75) is 65.2 Å². The first-order valence-electron chi connectivity index (χ1n) is 6.44. The normalized spacial score (nSPS) is 19.2. The van der Waals surface area contributed by atoms with Crippen molar-refractivity contribution in [3.05, 3.63) is 12.2 Å². The first-order valence-corrected chi connectivity index (χ1v) is 6.44. The fourth-order valence-electron chi connectivity index (χ4n) is 2.88. The van der Waals surface area contributed by atoms with E-state index < -0.39 is 0 Å². The number of hydrogen-bond acceptors (Lipinski definition) is 0. The zero-order valence-corrected chi connectivity index (χ0v) is 10.0. The number of rotatable bonds is 5. The predicted molar refractivity (Wildman–Crippen MR) is 64.4 cm³/mol. The zero-order valence-electron chi connectivity index (χ0n) is 10.0. The third-order valence-electron chi connectivity index (χ3n) is 3.72. The van der Waals surface area contributed by atoms with Gasteiger partial charge in [-0.15, -0.1) is 0 Å². The van der Waals surface area contributed by atoms with E-state index >= 15 is 0 Å². The van der Waals surface area contributed by atoms with Crippen LogP contribution in [0.4, 0.5) is 0 Å². The van der Waals surface area contributed by atoms with Gasteiger partial charge in [-0.1, -0.05) is 51.7 Å². The first-order chi connectivity index (χ1) is 6.77. The van der Waals surface area contributed by atoms with Crippen LogP contribution in [0.2, 0.25) is 0 Å². The molecule has 1 rings (SSSR count). The maximum Gasteiger partial charge on any atom is -0.0320 e. The second-order valence-electron chi connectivity index (χ2n) is 4.92. The van der Waals surface area contributed by atoms with Crippen molar-refractivity contribution in [2.75, 3.05) is 0 Å². The molecule has 0 bridgehead atoms. The summed E-state index contributed by atoms with van der Waals surface area (Å²) < 4.78 is 0. The minimum atomic E-state index is 1.01. The van der Waals surface area contributed by atoms with Crippen molar-refractivity contribution in [1.29, 1.82) is 0 Å². The molecule has 1 aliphatic rings. The Balaban J connectivity index is 2.38. The van der Waals surface area contributed by atoms with Crippen molar-refractivity contribution in [1.82, 2.24) is 0 Å². The van der Waals surface area contributed by atoms with Gasteiger partial charge in [0.15, 0.2) is 0 Å². The molecule has 0 aliphatic heterocycles. The number of hydrogen-bond donors (Lipinski definition) is 0. The Hall–Kier alpha value is -0.260. The SMILES string of the molecule is C=C1CCC(C(CCC)CCC)CC1. The van der Waals surface area contributed by atoms with Gasteiger partial charge in [-0.3, -0.25) is 0 Å². The fraction of sp³-hybridized carbons (Fsp3) is 0.857. The molecule has 0 aromatic carbocycles. The van der Waals surface area contributed by atoms with Gasteiger partial charge in [-0.05, 0) is 37.5 Å². The topological polar surface area (TPSA) is 0 Å². The summed E-state index contributed by atoms with van der Waals surface area (Å²) in [7, 11) is 0. The largest absolute Gasteiger partial charge is 0.0999 e. The van der Waals surface area contributed by atoms with Gasteiger partial charge in [0.1, 0.15) is 0 Å². The van der Waals surface area contributed by atoms with Crippen LogP contribution >= 0.6 is 0 Å². The second-order valence-corrected chi connectivity index (χ2v) is 4.92. The van der Waals surface area contributed by atoms with E-state index in [2.05, 4.69) is 20.4 Å². The highest BCUT2D eigenvalue weighted by atomic mass is 14.3. The van der Waals surface area contributed by atoms with Crippen molar-refractivity contribution >= 4 is 0 Å². The molecule has 0 aromatic heterocycles. The van der Waals surface area contributed by atoms with Gasteiger partial charge in [0.05, 0.1) is 0 Å². The monoisotopic (exact) mass is 194 g/mol. The first kappa shape index (κ1) is 11.8. The van der Waals surface area contributed by atoms with E-state index in [-0.39, 0.29) is 0 Å². The molecule has 1 aliphatic carbocycles. The van der Waals surface area contributed by atoms with Gasteiger partial charge >= 0.3 is 0 Å². The minimum Gasteiger partial charge on any atom is -0.0999 e. The Labute approximate surface area is 89.8 Å². The van der Waals surface area contributed by atoms with Crippen LogP contribution < -0.4 is 0 Å². The van der Waals surface area contributed by atoms with Crippen LogP contribution in [0, 0.1) is 11.8 Å². The summed E-state index contributed by atoms with van der Waals surface area (Å²) in [6.07, 6.45) is 11.1. The Bertz CT molecular complexity index is 153. The molecule has 0 amide bonds. The summed E-state index contributed by atoms with van der Waals surface area (Å²) in [5.41, 5.74) is 1.49. The highest BCUT2D eigenvalue weighted by Gasteiger charge is 2.23. The van der Waals surface area contributed by atoms with Crippen LogP contribution in [-0.4, -0.2) is 0 Å². The third-order valence-corrected chi connectivity index (χ3v) is 3.72. The van der Waals surface area contributed by atoms with Crippen LogP contribution in [0.1, 0.15) is 65.2 Å². The van der Waals surface area contributed by atoms with E-state index in [1.165, 1.54) is 56.9 Å². The Morgan fingerprint density at radius 2 is 1.64 bits per heavy atom. The molecule has 0 unspecified atom stereocenters. The highest BCUT2D eigenvalue weighted by Crippen LogP contribution is 2.36. The summed E-state index contributed by atoms with van der Waals surface area (Å²) in [4.78, 5) is 0. The van der Waals surface area contributed by atoms with E-state index in [1.54, 1.807) is 0 Å². The minimum absolute atomic E-state index is 1.01. The molecule has 0 N–H and O–H groups in total. The van der Waals surface area contributed by atoms with E-state index in [9.17, 15) is 0 Å². The van der Waals surface area contributed by atoms with Crippen LogP contribution in [0.25, 0.3) is 0 Å². The fourth-order valence-corrected chi connectivity index (χ4v) is 2.88. The van der Waals surface area contributed by atoms with Crippen LogP contribution in [0.3, 0.4) is 0 Å². The Kier molecular flexibility index (Phi) is 5.29. The molecule has 0 atom stereocenters. The molecule has 0 nitrogen and oxygen atoms in total. The molecule has 1 saturated carbocycles. The van der Waals surface area contributed by atoms with Crippen LogP contribution in [0.15, 0.2) is 12.2 Å². The van der Waals surface area contributed by atoms with Gasteiger partial charge in [0.25, 0.3) is 0 Å². The third kappa shape index (κ3) is 3.48. The molecule has 0 saturated heterocycles. The molecular weight excluding hydrogens is 168 g/mol. The number of allylic oxidation sites excluding steroid dienone is 1. The molecule has 0 spiro atoms. The maximum absolute atomic E-state index is 4.10. The molecule has 0 heterocycles. The van der Waals surface area contributed by atoms with E-state index in [0.717, 1.165) is 11.8 Å². The van der Waals surface area contributed by atoms with Crippen LogP contribution in [0.5, 0.6) is 0 Å². The molecule has 82 valence electrons. The molecular formula is C14H26.